The lowest BCUT2D eigenvalue weighted by Gasteiger charge is -2.05. The third-order valence-electron chi connectivity index (χ3n) is 3.41. The predicted octanol–water partition coefficient (Wildman–Crippen LogP) is 4.71. The van der Waals surface area contributed by atoms with Gasteiger partial charge in [0.25, 0.3) is 0 Å². The molecule has 0 saturated heterocycles. The second kappa shape index (κ2) is 8.69. The van der Waals surface area contributed by atoms with Crippen LogP contribution in [-0.4, -0.2) is 11.7 Å². The molecule has 118 valence electrons. The van der Waals surface area contributed by atoms with Crippen LogP contribution in [0.15, 0.2) is 60.7 Å². The fraction of sp³-hybridized carbons (Fsp3) is 0.200. The number of carbonyl (C=O) groups excluding carboxylic acids is 2. The number of anilines is 1. The van der Waals surface area contributed by atoms with Crippen LogP contribution < -0.4 is 5.32 Å². The quantitative estimate of drug-likeness (QED) is 0.594. The maximum absolute atomic E-state index is 12.0. The lowest BCUT2D eigenvalue weighted by molar-refractivity contribution is -0.116. The molecule has 2 aromatic carbocycles. The van der Waals surface area contributed by atoms with Gasteiger partial charge in [-0.25, -0.2) is 0 Å². The molecule has 2 rings (SSSR count). The van der Waals surface area contributed by atoms with Crippen LogP contribution in [0.2, 0.25) is 0 Å². The first kappa shape index (κ1) is 16.7. The summed E-state index contributed by atoms with van der Waals surface area (Å²) in [5.74, 6) is -0.0173. The van der Waals surface area contributed by atoms with Crippen molar-refractivity contribution in [1.82, 2.24) is 0 Å². The van der Waals surface area contributed by atoms with Crippen LogP contribution in [0.1, 0.15) is 42.1 Å². The zero-order chi connectivity index (χ0) is 16.5. The lowest BCUT2D eigenvalue weighted by atomic mass is 10.1. The molecule has 0 aliphatic rings. The third kappa shape index (κ3) is 5.55. The normalized spacial score (nSPS) is 10.7. The van der Waals surface area contributed by atoms with Gasteiger partial charge in [0.2, 0.25) is 5.91 Å². The Labute approximate surface area is 137 Å². The predicted molar refractivity (Wildman–Crippen MR) is 94.4 cm³/mol. The molecule has 0 aliphatic heterocycles. The average Bonchev–Trinajstić information content (AvgIpc) is 2.59. The zero-order valence-corrected chi connectivity index (χ0v) is 13.3. The van der Waals surface area contributed by atoms with Crippen molar-refractivity contribution in [2.24, 2.45) is 0 Å². The highest BCUT2D eigenvalue weighted by Crippen LogP contribution is 2.13. The Balaban J connectivity index is 2.01. The van der Waals surface area contributed by atoms with Gasteiger partial charge in [-0.15, -0.1) is 0 Å². The van der Waals surface area contributed by atoms with E-state index in [0.717, 1.165) is 24.1 Å². The van der Waals surface area contributed by atoms with Gasteiger partial charge in [0.15, 0.2) is 5.78 Å². The molecule has 0 spiro atoms. The lowest BCUT2D eigenvalue weighted by Crippen LogP contribution is -2.10. The monoisotopic (exact) mass is 307 g/mol. The Hall–Kier alpha value is -2.68. The van der Waals surface area contributed by atoms with Crippen molar-refractivity contribution in [3.8, 4) is 0 Å². The van der Waals surface area contributed by atoms with E-state index in [1.54, 1.807) is 24.3 Å². The highest BCUT2D eigenvalue weighted by molar-refractivity contribution is 6.06. The molecule has 1 amide bonds. The van der Waals surface area contributed by atoms with E-state index in [4.69, 9.17) is 0 Å². The van der Waals surface area contributed by atoms with E-state index in [-0.39, 0.29) is 11.7 Å². The highest BCUT2D eigenvalue weighted by Gasteiger charge is 2.02. The van der Waals surface area contributed by atoms with E-state index < -0.39 is 0 Å². The summed E-state index contributed by atoms with van der Waals surface area (Å²) >= 11 is 0. The maximum atomic E-state index is 12.0. The van der Waals surface area contributed by atoms with Crippen molar-refractivity contribution in [1.29, 1.82) is 0 Å². The number of benzene rings is 2. The van der Waals surface area contributed by atoms with Gasteiger partial charge in [0.1, 0.15) is 0 Å². The maximum Gasteiger partial charge on any atom is 0.224 e. The van der Waals surface area contributed by atoms with Crippen molar-refractivity contribution in [3.05, 3.63) is 71.8 Å². The Bertz CT molecular complexity index is 690. The number of hydrogen-bond donors (Lipinski definition) is 1. The largest absolute Gasteiger partial charge is 0.326 e. The number of allylic oxidation sites excluding steroid dienone is 1. The molecule has 2 aromatic rings. The molecule has 0 aliphatic carbocycles. The summed E-state index contributed by atoms with van der Waals surface area (Å²) in [7, 11) is 0. The smallest absolute Gasteiger partial charge is 0.224 e. The summed E-state index contributed by atoms with van der Waals surface area (Å²) < 4.78 is 0. The average molecular weight is 307 g/mol. The summed E-state index contributed by atoms with van der Waals surface area (Å²) in [6.07, 6.45) is 5.72. The van der Waals surface area contributed by atoms with Gasteiger partial charge in [-0.2, -0.15) is 0 Å². The van der Waals surface area contributed by atoms with Crippen molar-refractivity contribution >= 4 is 23.5 Å². The molecule has 23 heavy (non-hydrogen) atoms. The first-order chi connectivity index (χ1) is 11.2. The minimum absolute atomic E-state index is 0.0216. The van der Waals surface area contributed by atoms with Crippen molar-refractivity contribution < 1.29 is 9.59 Å². The fourth-order valence-electron chi connectivity index (χ4n) is 2.15. The first-order valence-corrected chi connectivity index (χ1v) is 7.86. The molecule has 3 heteroatoms. The molecule has 0 aromatic heterocycles. The summed E-state index contributed by atoms with van der Waals surface area (Å²) in [4.78, 5) is 23.8. The number of carbonyl (C=O) groups is 2. The van der Waals surface area contributed by atoms with E-state index >= 15 is 0 Å². The molecule has 3 nitrogen and oxygen atoms in total. The molecular formula is C20H21NO2. The topological polar surface area (TPSA) is 46.2 Å². The van der Waals surface area contributed by atoms with Crippen molar-refractivity contribution in [2.75, 3.05) is 5.32 Å². The fourth-order valence-corrected chi connectivity index (χ4v) is 2.15. The summed E-state index contributed by atoms with van der Waals surface area (Å²) in [5.41, 5.74) is 2.29. The Morgan fingerprint density at radius 2 is 1.83 bits per heavy atom. The second-order valence-corrected chi connectivity index (χ2v) is 5.34. The van der Waals surface area contributed by atoms with Gasteiger partial charge in [0.05, 0.1) is 0 Å². The Morgan fingerprint density at radius 1 is 1.04 bits per heavy atom. The van der Waals surface area contributed by atoms with Crippen LogP contribution in [0, 0.1) is 0 Å². The molecule has 0 bridgehead atoms. The number of amides is 1. The van der Waals surface area contributed by atoms with Crippen molar-refractivity contribution in [3.63, 3.8) is 0 Å². The van der Waals surface area contributed by atoms with Crippen LogP contribution in [-0.2, 0) is 4.79 Å². The minimum atomic E-state index is -0.0389. The highest BCUT2D eigenvalue weighted by atomic mass is 16.1. The Morgan fingerprint density at radius 3 is 2.57 bits per heavy atom. The summed E-state index contributed by atoms with van der Waals surface area (Å²) in [6, 6.07) is 16.6. The number of hydrogen-bond acceptors (Lipinski definition) is 2. The van der Waals surface area contributed by atoms with E-state index in [9.17, 15) is 9.59 Å². The molecule has 1 N–H and O–H groups in total. The second-order valence-electron chi connectivity index (χ2n) is 5.34. The van der Waals surface area contributed by atoms with E-state index in [2.05, 4.69) is 12.2 Å². The molecule has 0 heterocycles. The number of rotatable bonds is 7. The van der Waals surface area contributed by atoms with E-state index in [1.165, 1.54) is 0 Å². The van der Waals surface area contributed by atoms with Crippen LogP contribution >= 0.6 is 0 Å². The molecule has 0 unspecified atom stereocenters. The zero-order valence-electron chi connectivity index (χ0n) is 13.3. The van der Waals surface area contributed by atoms with Crippen LogP contribution in [0.3, 0.4) is 0 Å². The number of ketones is 1. The molecule has 0 atom stereocenters. The Kier molecular flexibility index (Phi) is 6.30. The molecular weight excluding hydrogens is 286 g/mol. The number of nitrogens with one attached hydrogen (secondary N) is 1. The van der Waals surface area contributed by atoms with Gasteiger partial charge in [0, 0.05) is 17.7 Å². The van der Waals surface area contributed by atoms with Gasteiger partial charge in [-0.1, -0.05) is 61.9 Å². The van der Waals surface area contributed by atoms with Gasteiger partial charge in [-0.05, 0) is 30.2 Å². The van der Waals surface area contributed by atoms with Crippen LogP contribution in [0.25, 0.3) is 6.08 Å². The minimum Gasteiger partial charge on any atom is -0.326 e. The van der Waals surface area contributed by atoms with Gasteiger partial charge in [-0.3, -0.25) is 9.59 Å². The third-order valence-corrected chi connectivity index (χ3v) is 3.41. The molecule has 0 saturated carbocycles. The van der Waals surface area contributed by atoms with Crippen LogP contribution in [0.5, 0.6) is 0 Å². The van der Waals surface area contributed by atoms with E-state index in [0.29, 0.717) is 12.0 Å². The van der Waals surface area contributed by atoms with Crippen molar-refractivity contribution in [2.45, 2.75) is 26.2 Å². The standard InChI is InChI=1S/C20H21NO2/c1-2-3-12-20(23)21-18-11-7-8-16(15-18)13-14-19(22)17-9-5-4-6-10-17/h4-11,13-15H,2-3,12H2,1H3,(H,21,23)/b14-13+. The molecule has 0 fully saturated rings. The van der Waals surface area contributed by atoms with Gasteiger partial charge >= 0.3 is 0 Å². The van der Waals surface area contributed by atoms with Crippen LogP contribution in [0.4, 0.5) is 5.69 Å². The van der Waals surface area contributed by atoms with E-state index in [1.807, 2.05) is 42.5 Å². The number of unbranched alkanes of at least 4 members (excludes halogenated alkanes) is 1. The first-order valence-electron chi connectivity index (χ1n) is 7.86. The summed E-state index contributed by atoms with van der Waals surface area (Å²) in [5, 5.41) is 2.88. The SMILES string of the molecule is CCCCC(=O)Nc1cccc(/C=C/C(=O)c2ccccc2)c1. The summed E-state index contributed by atoms with van der Waals surface area (Å²) in [6.45, 7) is 2.06. The molecule has 0 radical (unpaired) electrons. The van der Waals surface area contributed by atoms with Gasteiger partial charge < -0.3 is 5.32 Å².